The van der Waals surface area contributed by atoms with E-state index in [-0.39, 0.29) is 18.0 Å². The maximum absolute atomic E-state index is 12.7. The number of rotatable bonds is 2. The molecule has 0 radical (unpaired) electrons. The highest BCUT2D eigenvalue weighted by Crippen LogP contribution is 2.19. The maximum atomic E-state index is 12.7. The number of halogens is 1. The van der Waals surface area contributed by atoms with Crippen LogP contribution in [0.5, 0.6) is 0 Å². The number of hydrogen-bond donors (Lipinski definition) is 0. The number of hydrogen-bond acceptors (Lipinski definition) is 3. The van der Waals surface area contributed by atoms with Gasteiger partial charge in [0, 0.05) is 19.1 Å². The first kappa shape index (κ1) is 10.8. The number of esters is 1. The second-order valence-corrected chi connectivity index (χ2v) is 3.69. The van der Waals surface area contributed by atoms with Crippen molar-refractivity contribution in [3.63, 3.8) is 0 Å². The van der Waals surface area contributed by atoms with Crippen molar-refractivity contribution >= 4 is 11.7 Å². The topological polar surface area (TPSA) is 38.7 Å². The van der Waals surface area contributed by atoms with E-state index in [1.807, 2.05) is 0 Å². The van der Waals surface area contributed by atoms with E-state index in [1.54, 1.807) is 12.1 Å². The standard InChI is InChI=1S/C12H12FNO2/c1-8(15)16-12-7-6-11(14-12)9-2-4-10(13)5-3-9/h2-5,12H,6-7H2,1H3. The number of carbonyl (C=O) groups excluding carboxylic acids is 1. The average Bonchev–Trinajstić information content (AvgIpc) is 2.66. The fourth-order valence-electron chi connectivity index (χ4n) is 1.70. The SMILES string of the molecule is CC(=O)OC1CCC(c2ccc(F)cc2)=N1. The van der Waals surface area contributed by atoms with Crippen LogP contribution in [0.3, 0.4) is 0 Å². The molecule has 0 saturated carbocycles. The molecule has 0 saturated heterocycles. The molecule has 0 aromatic heterocycles. The minimum Gasteiger partial charge on any atom is -0.440 e. The van der Waals surface area contributed by atoms with Gasteiger partial charge in [-0.1, -0.05) is 12.1 Å². The summed E-state index contributed by atoms with van der Waals surface area (Å²) in [5.41, 5.74) is 1.75. The molecule has 0 N–H and O–H groups in total. The third-order valence-electron chi connectivity index (χ3n) is 2.41. The van der Waals surface area contributed by atoms with Crippen LogP contribution >= 0.6 is 0 Å². The maximum Gasteiger partial charge on any atom is 0.304 e. The van der Waals surface area contributed by atoms with E-state index in [0.29, 0.717) is 6.42 Å². The monoisotopic (exact) mass is 221 g/mol. The summed E-state index contributed by atoms with van der Waals surface area (Å²) in [4.78, 5) is 15.0. The average molecular weight is 221 g/mol. The van der Waals surface area contributed by atoms with Gasteiger partial charge in [-0.3, -0.25) is 4.79 Å². The number of ether oxygens (including phenoxy) is 1. The lowest BCUT2D eigenvalue weighted by atomic mass is 10.1. The van der Waals surface area contributed by atoms with E-state index in [9.17, 15) is 9.18 Å². The number of nitrogens with zero attached hydrogens (tertiary/aromatic N) is 1. The third kappa shape index (κ3) is 2.45. The van der Waals surface area contributed by atoms with Crippen LogP contribution in [-0.2, 0) is 9.53 Å². The minimum absolute atomic E-state index is 0.265. The Morgan fingerprint density at radius 1 is 1.44 bits per heavy atom. The lowest BCUT2D eigenvalue weighted by Gasteiger charge is -2.05. The molecule has 1 aliphatic rings. The molecule has 1 unspecified atom stereocenters. The van der Waals surface area contributed by atoms with Gasteiger partial charge < -0.3 is 4.74 Å². The Morgan fingerprint density at radius 2 is 2.12 bits per heavy atom. The molecule has 0 aliphatic carbocycles. The number of carbonyl (C=O) groups is 1. The van der Waals surface area contributed by atoms with E-state index in [0.717, 1.165) is 17.7 Å². The van der Waals surface area contributed by atoms with Crippen molar-refractivity contribution in [1.29, 1.82) is 0 Å². The van der Waals surface area contributed by atoms with E-state index < -0.39 is 0 Å². The van der Waals surface area contributed by atoms with Gasteiger partial charge in [0.1, 0.15) is 5.82 Å². The molecule has 1 aliphatic heterocycles. The van der Waals surface area contributed by atoms with Gasteiger partial charge in [-0.2, -0.15) is 0 Å². The molecule has 1 aromatic rings. The summed E-state index contributed by atoms with van der Waals surface area (Å²) in [6, 6.07) is 6.17. The Morgan fingerprint density at radius 3 is 2.75 bits per heavy atom. The predicted octanol–water partition coefficient (Wildman–Crippen LogP) is 2.30. The highest BCUT2D eigenvalue weighted by Gasteiger charge is 2.20. The summed E-state index contributed by atoms with van der Waals surface area (Å²) in [6.45, 7) is 1.37. The second kappa shape index (κ2) is 4.43. The second-order valence-electron chi connectivity index (χ2n) is 3.69. The van der Waals surface area contributed by atoms with Gasteiger partial charge in [-0.15, -0.1) is 0 Å². The molecule has 4 heteroatoms. The van der Waals surface area contributed by atoms with E-state index in [1.165, 1.54) is 19.1 Å². The normalized spacial score (nSPS) is 19.4. The molecule has 16 heavy (non-hydrogen) atoms. The van der Waals surface area contributed by atoms with Crippen molar-refractivity contribution in [3.8, 4) is 0 Å². The highest BCUT2D eigenvalue weighted by molar-refractivity contribution is 6.01. The van der Waals surface area contributed by atoms with Crippen LogP contribution in [0.1, 0.15) is 25.3 Å². The van der Waals surface area contributed by atoms with Crippen LogP contribution in [0.2, 0.25) is 0 Å². The summed E-state index contributed by atoms with van der Waals surface area (Å²) < 4.78 is 17.7. The summed E-state index contributed by atoms with van der Waals surface area (Å²) in [5, 5.41) is 0. The molecule has 0 spiro atoms. The van der Waals surface area contributed by atoms with Gasteiger partial charge in [-0.05, 0) is 24.1 Å². The van der Waals surface area contributed by atoms with Crippen LogP contribution in [0.25, 0.3) is 0 Å². The van der Waals surface area contributed by atoms with Gasteiger partial charge in [-0.25, -0.2) is 9.38 Å². The van der Waals surface area contributed by atoms with Crippen LogP contribution in [-0.4, -0.2) is 17.9 Å². The molecular weight excluding hydrogens is 209 g/mol. The number of aliphatic imine (C=N–C) groups is 1. The van der Waals surface area contributed by atoms with Crippen molar-refractivity contribution in [1.82, 2.24) is 0 Å². The molecule has 1 heterocycles. The molecule has 2 rings (SSSR count). The van der Waals surface area contributed by atoms with Crippen LogP contribution in [0.4, 0.5) is 4.39 Å². The molecule has 0 fully saturated rings. The Kier molecular flexibility index (Phi) is 2.99. The van der Waals surface area contributed by atoms with Gasteiger partial charge in [0.25, 0.3) is 0 Å². The lowest BCUT2D eigenvalue weighted by molar-refractivity contribution is -0.145. The van der Waals surface area contributed by atoms with Gasteiger partial charge in [0.2, 0.25) is 0 Å². The van der Waals surface area contributed by atoms with E-state index in [4.69, 9.17) is 4.74 Å². The Balaban J connectivity index is 2.11. The quantitative estimate of drug-likeness (QED) is 0.719. The molecule has 84 valence electrons. The largest absolute Gasteiger partial charge is 0.440 e. The van der Waals surface area contributed by atoms with Crippen molar-refractivity contribution in [2.45, 2.75) is 26.0 Å². The first-order chi connectivity index (χ1) is 7.65. The zero-order valence-corrected chi connectivity index (χ0v) is 8.94. The highest BCUT2D eigenvalue weighted by atomic mass is 19.1. The minimum atomic E-state index is -0.377. The van der Waals surface area contributed by atoms with E-state index >= 15 is 0 Å². The summed E-state index contributed by atoms with van der Waals surface area (Å²) in [5.74, 6) is -0.590. The van der Waals surface area contributed by atoms with Gasteiger partial charge >= 0.3 is 5.97 Å². The van der Waals surface area contributed by atoms with Crippen LogP contribution in [0, 0.1) is 5.82 Å². The lowest BCUT2D eigenvalue weighted by Crippen LogP contribution is -2.10. The predicted molar refractivity (Wildman–Crippen MR) is 57.7 cm³/mol. The molecule has 1 aromatic carbocycles. The van der Waals surface area contributed by atoms with Crippen LogP contribution in [0.15, 0.2) is 29.3 Å². The van der Waals surface area contributed by atoms with Crippen LogP contribution < -0.4 is 0 Å². The van der Waals surface area contributed by atoms with E-state index in [2.05, 4.69) is 4.99 Å². The molecule has 0 bridgehead atoms. The zero-order valence-electron chi connectivity index (χ0n) is 8.94. The van der Waals surface area contributed by atoms with Gasteiger partial charge in [0.05, 0.1) is 0 Å². The van der Waals surface area contributed by atoms with Crippen molar-refractivity contribution in [2.24, 2.45) is 4.99 Å². The fourth-order valence-corrected chi connectivity index (χ4v) is 1.70. The first-order valence-electron chi connectivity index (χ1n) is 5.15. The first-order valence-corrected chi connectivity index (χ1v) is 5.15. The van der Waals surface area contributed by atoms with Crippen molar-refractivity contribution in [2.75, 3.05) is 0 Å². The Labute approximate surface area is 93.0 Å². The van der Waals surface area contributed by atoms with Crippen molar-refractivity contribution in [3.05, 3.63) is 35.6 Å². The Bertz CT molecular complexity index is 425. The smallest absolute Gasteiger partial charge is 0.304 e. The summed E-state index contributed by atoms with van der Waals surface area (Å²) >= 11 is 0. The molecule has 0 amide bonds. The molecular formula is C12H12FNO2. The number of benzene rings is 1. The molecule has 3 nitrogen and oxygen atoms in total. The van der Waals surface area contributed by atoms with Gasteiger partial charge in [0.15, 0.2) is 6.23 Å². The molecule has 1 atom stereocenters. The fraction of sp³-hybridized carbons (Fsp3) is 0.333. The Hall–Kier alpha value is -1.71. The third-order valence-corrected chi connectivity index (χ3v) is 2.41. The van der Waals surface area contributed by atoms with Crippen molar-refractivity contribution < 1.29 is 13.9 Å². The zero-order chi connectivity index (χ0) is 11.5. The summed E-state index contributed by atoms with van der Waals surface area (Å²) in [6.07, 6.45) is 1.08. The summed E-state index contributed by atoms with van der Waals surface area (Å²) in [7, 11) is 0.